The van der Waals surface area contributed by atoms with Crippen LogP contribution in [-0.4, -0.2) is 16.3 Å². The van der Waals surface area contributed by atoms with Crippen molar-refractivity contribution in [2.45, 2.75) is 18.6 Å². The number of hydrogen-bond acceptors (Lipinski definition) is 2. The first kappa shape index (κ1) is 9.44. The van der Waals surface area contributed by atoms with Crippen molar-refractivity contribution in [3.63, 3.8) is 0 Å². The number of benzene rings is 1. The van der Waals surface area contributed by atoms with Crippen molar-refractivity contribution >= 4 is 0 Å². The van der Waals surface area contributed by atoms with Crippen molar-refractivity contribution in [3.8, 4) is 0 Å². The summed E-state index contributed by atoms with van der Waals surface area (Å²) in [6, 6.07) is 9.46. The molecule has 14 heavy (non-hydrogen) atoms. The topological polar surface area (TPSA) is 40.5 Å². The Morgan fingerprint density at radius 1 is 1.21 bits per heavy atom. The molecule has 0 saturated heterocycles. The van der Waals surface area contributed by atoms with Crippen LogP contribution in [0.5, 0.6) is 0 Å². The summed E-state index contributed by atoms with van der Waals surface area (Å²) >= 11 is 0. The number of aliphatic hydroxyl groups excluding tert-OH is 2. The molecule has 1 aliphatic rings. The number of aliphatic hydroxyl groups is 2. The van der Waals surface area contributed by atoms with Gasteiger partial charge in [-0.3, -0.25) is 0 Å². The highest BCUT2D eigenvalue weighted by molar-refractivity contribution is 5.21. The van der Waals surface area contributed by atoms with Gasteiger partial charge in [0.05, 0.1) is 12.2 Å². The normalized spacial score (nSPS) is 27.9. The van der Waals surface area contributed by atoms with E-state index in [9.17, 15) is 10.2 Å². The summed E-state index contributed by atoms with van der Waals surface area (Å²) in [4.78, 5) is 0. The number of rotatable bonds is 2. The van der Waals surface area contributed by atoms with Crippen molar-refractivity contribution in [1.29, 1.82) is 0 Å². The third-order valence-electron chi connectivity index (χ3n) is 2.69. The summed E-state index contributed by atoms with van der Waals surface area (Å²) in [7, 11) is 0. The Morgan fingerprint density at radius 2 is 1.93 bits per heavy atom. The molecular formula is C12H14O2. The van der Waals surface area contributed by atoms with Crippen molar-refractivity contribution in [2.24, 2.45) is 5.92 Å². The Balaban J connectivity index is 2.16. The predicted octanol–water partition coefficient (Wildman–Crippen LogP) is 1.66. The van der Waals surface area contributed by atoms with Crippen molar-refractivity contribution in [1.82, 2.24) is 0 Å². The Hall–Kier alpha value is -1.12. The molecule has 0 unspecified atom stereocenters. The van der Waals surface area contributed by atoms with Gasteiger partial charge in [0, 0.05) is 5.92 Å². The van der Waals surface area contributed by atoms with E-state index in [0.29, 0.717) is 6.42 Å². The van der Waals surface area contributed by atoms with E-state index < -0.39 is 12.2 Å². The Bertz CT molecular complexity index is 318. The molecule has 0 spiro atoms. The molecular weight excluding hydrogens is 176 g/mol. The second-order valence-corrected chi connectivity index (χ2v) is 3.66. The first-order valence-corrected chi connectivity index (χ1v) is 4.87. The minimum atomic E-state index is -0.593. The summed E-state index contributed by atoms with van der Waals surface area (Å²) in [5.41, 5.74) is 0.864. The highest BCUT2D eigenvalue weighted by atomic mass is 16.3. The summed E-state index contributed by atoms with van der Waals surface area (Å²) in [5, 5.41) is 19.6. The second-order valence-electron chi connectivity index (χ2n) is 3.66. The zero-order valence-electron chi connectivity index (χ0n) is 7.88. The summed E-state index contributed by atoms with van der Waals surface area (Å²) < 4.78 is 0. The van der Waals surface area contributed by atoms with Crippen LogP contribution in [0.25, 0.3) is 0 Å². The van der Waals surface area contributed by atoms with Crippen LogP contribution in [0, 0.1) is 5.92 Å². The molecule has 1 aromatic carbocycles. The smallest absolute Gasteiger partial charge is 0.0877 e. The van der Waals surface area contributed by atoms with E-state index in [0.717, 1.165) is 5.56 Å². The van der Waals surface area contributed by atoms with Crippen LogP contribution < -0.4 is 0 Å². The molecule has 0 bridgehead atoms. The predicted molar refractivity (Wildman–Crippen MR) is 54.7 cm³/mol. The third-order valence-corrected chi connectivity index (χ3v) is 2.69. The summed E-state index contributed by atoms with van der Waals surface area (Å²) in [6.07, 6.45) is 3.42. The first-order chi connectivity index (χ1) is 6.79. The Morgan fingerprint density at radius 3 is 2.50 bits per heavy atom. The quantitative estimate of drug-likeness (QED) is 0.696. The van der Waals surface area contributed by atoms with Gasteiger partial charge in [-0.15, -0.1) is 0 Å². The molecule has 0 radical (unpaired) electrons. The van der Waals surface area contributed by atoms with E-state index in [4.69, 9.17) is 0 Å². The molecule has 3 atom stereocenters. The van der Waals surface area contributed by atoms with E-state index in [1.54, 1.807) is 0 Å². The van der Waals surface area contributed by atoms with Gasteiger partial charge in [0.15, 0.2) is 0 Å². The summed E-state index contributed by atoms with van der Waals surface area (Å²) in [5.74, 6) is -0.155. The molecule has 1 aliphatic carbocycles. The first-order valence-electron chi connectivity index (χ1n) is 4.87. The average Bonchev–Trinajstić information content (AvgIpc) is 2.65. The SMILES string of the molecule is O[C@H]1CC=C[C@@H]1[C@@H](O)c1ccccc1. The van der Waals surface area contributed by atoms with Gasteiger partial charge in [-0.25, -0.2) is 0 Å². The maximum Gasteiger partial charge on any atom is 0.0877 e. The van der Waals surface area contributed by atoms with E-state index >= 15 is 0 Å². The van der Waals surface area contributed by atoms with E-state index in [-0.39, 0.29) is 5.92 Å². The van der Waals surface area contributed by atoms with Crippen LogP contribution in [0.2, 0.25) is 0 Å². The zero-order valence-corrected chi connectivity index (χ0v) is 7.88. The molecule has 0 aromatic heterocycles. The van der Waals surface area contributed by atoms with Crippen LogP contribution in [0.3, 0.4) is 0 Å². The molecule has 0 fully saturated rings. The standard InChI is InChI=1S/C12H14O2/c13-11-8-4-7-10(11)12(14)9-5-2-1-3-6-9/h1-7,10-14H,8H2/t10-,11-,12-/m0/s1. The second kappa shape index (κ2) is 3.95. The lowest BCUT2D eigenvalue weighted by Gasteiger charge is -2.20. The van der Waals surface area contributed by atoms with Gasteiger partial charge >= 0.3 is 0 Å². The van der Waals surface area contributed by atoms with Gasteiger partial charge in [-0.2, -0.15) is 0 Å². The zero-order chi connectivity index (χ0) is 9.97. The van der Waals surface area contributed by atoms with Gasteiger partial charge in [-0.1, -0.05) is 42.5 Å². The van der Waals surface area contributed by atoms with Gasteiger partial charge in [0.25, 0.3) is 0 Å². The lowest BCUT2D eigenvalue weighted by molar-refractivity contribution is 0.0456. The molecule has 2 nitrogen and oxygen atoms in total. The Labute approximate surface area is 83.5 Å². The monoisotopic (exact) mass is 190 g/mol. The van der Waals surface area contributed by atoms with Crippen molar-refractivity contribution in [3.05, 3.63) is 48.0 Å². The molecule has 0 aliphatic heterocycles. The highest BCUT2D eigenvalue weighted by Gasteiger charge is 2.28. The van der Waals surface area contributed by atoms with Crippen LogP contribution in [0.15, 0.2) is 42.5 Å². The van der Waals surface area contributed by atoms with Crippen LogP contribution >= 0.6 is 0 Å². The Kier molecular flexibility index (Phi) is 2.66. The fourth-order valence-corrected chi connectivity index (χ4v) is 1.85. The molecule has 2 N–H and O–H groups in total. The maximum absolute atomic E-state index is 9.98. The molecule has 2 rings (SSSR count). The highest BCUT2D eigenvalue weighted by Crippen LogP contribution is 2.30. The molecule has 2 heteroatoms. The minimum absolute atomic E-state index is 0.155. The van der Waals surface area contributed by atoms with Gasteiger partial charge in [0.2, 0.25) is 0 Å². The molecule has 1 aromatic rings. The fraction of sp³-hybridized carbons (Fsp3) is 0.333. The average molecular weight is 190 g/mol. The third kappa shape index (κ3) is 1.72. The van der Waals surface area contributed by atoms with E-state index in [1.807, 2.05) is 42.5 Å². The maximum atomic E-state index is 9.98. The molecule has 0 saturated carbocycles. The van der Waals surface area contributed by atoms with Gasteiger partial charge in [0.1, 0.15) is 0 Å². The van der Waals surface area contributed by atoms with Crippen molar-refractivity contribution < 1.29 is 10.2 Å². The lowest BCUT2D eigenvalue weighted by atomic mass is 9.93. The lowest BCUT2D eigenvalue weighted by Crippen LogP contribution is -2.21. The van der Waals surface area contributed by atoms with E-state index in [1.165, 1.54) is 0 Å². The number of hydrogen-bond donors (Lipinski definition) is 2. The summed E-state index contributed by atoms with van der Waals surface area (Å²) in [6.45, 7) is 0. The van der Waals surface area contributed by atoms with Gasteiger partial charge < -0.3 is 10.2 Å². The fourth-order valence-electron chi connectivity index (χ4n) is 1.85. The molecule has 74 valence electrons. The molecule has 0 amide bonds. The van der Waals surface area contributed by atoms with Crippen LogP contribution in [-0.2, 0) is 0 Å². The van der Waals surface area contributed by atoms with E-state index in [2.05, 4.69) is 0 Å². The minimum Gasteiger partial charge on any atom is -0.392 e. The van der Waals surface area contributed by atoms with Crippen LogP contribution in [0.4, 0.5) is 0 Å². The van der Waals surface area contributed by atoms with Crippen LogP contribution in [0.1, 0.15) is 18.1 Å². The van der Waals surface area contributed by atoms with Gasteiger partial charge in [-0.05, 0) is 12.0 Å². The van der Waals surface area contributed by atoms with Crippen molar-refractivity contribution in [2.75, 3.05) is 0 Å². The molecule has 0 heterocycles. The largest absolute Gasteiger partial charge is 0.392 e.